The third-order valence-electron chi connectivity index (χ3n) is 7.11. The van der Waals surface area contributed by atoms with Gasteiger partial charge in [-0.25, -0.2) is 18.1 Å². The maximum atomic E-state index is 12.9. The maximum absolute atomic E-state index is 12.9. The Hall–Kier alpha value is -2.46. The van der Waals surface area contributed by atoms with Gasteiger partial charge in [0.1, 0.15) is 10.8 Å². The molecular weight excluding hydrogens is 504 g/mol. The summed E-state index contributed by atoms with van der Waals surface area (Å²) in [6, 6.07) is 11.8. The standard InChI is InChI=1S/C28H36N4O3S2/c1-19(2)35-26-12-9-20(17-24(26)29)28-30-18-27(36-28)23-8-6-7-22-21(23)10-11-25(22)31-37(33,34)16-15-32-13-4-3-5-14-32/h6-9,12,17-19,25,31H,3-5,10-11,13-16,29H2,1-2H3/t25-/m0/s1. The first-order valence-electron chi connectivity index (χ1n) is 13.2. The number of nitrogens with two attached hydrogens (primary N) is 1. The fourth-order valence-electron chi connectivity index (χ4n) is 5.29. The van der Waals surface area contributed by atoms with E-state index in [1.807, 2.05) is 44.3 Å². The van der Waals surface area contributed by atoms with Gasteiger partial charge in [-0.1, -0.05) is 24.6 Å². The van der Waals surface area contributed by atoms with Crippen molar-refractivity contribution in [3.8, 4) is 26.8 Å². The molecule has 2 aromatic carbocycles. The Morgan fingerprint density at radius 1 is 1.19 bits per heavy atom. The number of rotatable bonds is 9. The molecule has 0 bridgehead atoms. The highest BCUT2D eigenvalue weighted by Gasteiger charge is 2.29. The average molecular weight is 541 g/mol. The van der Waals surface area contributed by atoms with E-state index < -0.39 is 10.0 Å². The highest BCUT2D eigenvalue weighted by Crippen LogP contribution is 2.41. The second-order valence-corrected chi connectivity index (χ2v) is 13.2. The first-order valence-corrected chi connectivity index (χ1v) is 15.6. The number of aromatic nitrogens is 1. The van der Waals surface area contributed by atoms with E-state index in [1.165, 1.54) is 12.0 Å². The number of sulfonamides is 1. The van der Waals surface area contributed by atoms with Crippen LogP contribution in [-0.4, -0.2) is 49.8 Å². The molecular formula is C28H36N4O3S2. The van der Waals surface area contributed by atoms with Crippen molar-refractivity contribution in [2.75, 3.05) is 31.1 Å². The lowest BCUT2D eigenvalue weighted by atomic mass is 10.0. The van der Waals surface area contributed by atoms with E-state index in [0.717, 1.165) is 65.3 Å². The number of piperidine rings is 1. The predicted molar refractivity (Wildman–Crippen MR) is 151 cm³/mol. The molecule has 1 saturated heterocycles. The quantitative estimate of drug-likeness (QED) is 0.360. The van der Waals surface area contributed by atoms with Crippen LogP contribution >= 0.6 is 11.3 Å². The summed E-state index contributed by atoms with van der Waals surface area (Å²) in [5.41, 5.74) is 11.2. The Labute approximate surface area is 224 Å². The van der Waals surface area contributed by atoms with Crippen LogP contribution in [0, 0.1) is 0 Å². The summed E-state index contributed by atoms with van der Waals surface area (Å²) < 4.78 is 34.6. The molecule has 0 spiro atoms. The number of hydrogen-bond donors (Lipinski definition) is 2. The molecule has 0 radical (unpaired) electrons. The molecule has 198 valence electrons. The van der Waals surface area contributed by atoms with Crippen LogP contribution in [-0.2, 0) is 16.4 Å². The van der Waals surface area contributed by atoms with Gasteiger partial charge in [0.2, 0.25) is 10.0 Å². The number of thiazole rings is 1. The van der Waals surface area contributed by atoms with Crippen molar-refractivity contribution < 1.29 is 13.2 Å². The van der Waals surface area contributed by atoms with Crippen LogP contribution in [0.4, 0.5) is 5.69 Å². The Balaban J connectivity index is 1.30. The average Bonchev–Trinajstić information content (AvgIpc) is 3.52. The van der Waals surface area contributed by atoms with Crippen molar-refractivity contribution in [1.29, 1.82) is 0 Å². The zero-order valence-corrected chi connectivity index (χ0v) is 23.2. The molecule has 7 nitrogen and oxygen atoms in total. The molecule has 2 heterocycles. The number of nitrogen functional groups attached to an aromatic ring is 1. The van der Waals surface area contributed by atoms with E-state index in [9.17, 15) is 8.42 Å². The smallest absolute Gasteiger partial charge is 0.213 e. The van der Waals surface area contributed by atoms with Crippen molar-refractivity contribution in [3.05, 3.63) is 53.7 Å². The number of fused-ring (bicyclic) bond motifs is 1. The molecule has 0 amide bonds. The molecule has 2 aliphatic rings. The van der Waals surface area contributed by atoms with E-state index in [1.54, 1.807) is 11.3 Å². The molecule has 0 unspecified atom stereocenters. The summed E-state index contributed by atoms with van der Waals surface area (Å²) >= 11 is 1.62. The summed E-state index contributed by atoms with van der Waals surface area (Å²) in [6.45, 7) is 6.57. The topological polar surface area (TPSA) is 97.5 Å². The molecule has 3 aromatic rings. The Bertz CT molecular complexity index is 1350. The number of likely N-dealkylation sites (tertiary alicyclic amines) is 1. The summed E-state index contributed by atoms with van der Waals surface area (Å²) in [5.74, 6) is 0.835. The summed E-state index contributed by atoms with van der Waals surface area (Å²) in [7, 11) is -3.36. The third kappa shape index (κ3) is 6.17. The van der Waals surface area contributed by atoms with E-state index in [4.69, 9.17) is 10.5 Å². The third-order valence-corrected chi connectivity index (χ3v) is 9.55. The van der Waals surface area contributed by atoms with Gasteiger partial charge in [0.05, 0.1) is 22.4 Å². The molecule has 1 aliphatic heterocycles. The van der Waals surface area contributed by atoms with E-state index >= 15 is 0 Å². The summed E-state index contributed by atoms with van der Waals surface area (Å²) in [5, 5.41) is 0.892. The minimum absolute atomic E-state index is 0.0581. The van der Waals surface area contributed by atoms with Crippen LogP contribution in [0.5, 0.6) is 5.75 Å². The van der Waals surface area contributed by atoms with Gasteiger partial charge in [0, 0.05) is 24.3 Å². The van der Waals surface area contributed by atoms with Gasteiger partial charge in [-0.05, 0) is 87.5 Å². The first-order chi connectivity index (χ1) is 17.8. The van der Waals surface area contributed by atoms with Gasteiger partial charge in [-0.15, -0.1) is 11.3 Å². The van der Waals surface area contributed by atoms with Crippen molar-refractivity contribution >= 4 is 27.0 Å². The number of hydrogen-bond acceptors (Lipinski definition) is 7. The normalized spacial score (nSPS) is 18.3. The van der Waals surface area contributed by atoms with Crippen molar-refractivity contribution in [1.82, 2.24) is 14.6 Å². The van der Waals surface area contributed by atoms with E-state index in [-0.39, 0.29) is 17.9 Å². The van der Waals surface area contributed by atoms with Gasteiger partial charge in [0.15, 0.2) is 0 Å². The van der Waals surface area contributed by atoms with E-state index in [2.05, 4.69) is 26.7 Å². The lowest BCUT2D eigenvalue weighted by molar-refractivity contribution is 0.241. The van der Waals surface area contributed by atoms with E-state index in [0.29, 0.717) is 18.0 Å². The fourth-order valence-corrected chi connectivity index (χ4v) is 7.55. The summed E-state index contributed by atoms with van der Waals surface area (Å²) in [4.78, 5) is 8.01. The lowest BCUT2D eigenvalue weighted by Gasteiger charge is -2.26. The Morgan fingerprint density at radius 3 is 2.76 bits per heavy atom. The highest BCUT2D eigenvalue weighted by atomic mass is 32.2. The molecule has 1 fully saturated rings. The Kier molecular flexibility index (Phi) is 7.85. The SMILES string of the molecule is CC(C)Oc1ccc(-c2ncc(-c3cccc4c3CC[C@@H]4NS(=O)(=O)CCN3CCCCC3)s2)cc1N. The maximum Gasteiger partial charge on any atom is 0.213 e. The van der Waals surface area contributed by atoms with Crippen LogP contribution in [0.1, 0.15) is 56.7 Å². The second-order valence-electron chi connectivity index (χ2n) is 10.3. The molecule has 0 saturated carbocycles. The molecule has 3 N–H and O–H groups in total. The first kappa shape index (κ1) is 26.2. The van der Waals surface area contributed by atoms with Crippen LogP contribution in [0.3, 0.4) is 0 Å². The number of nitrogens with zero attached hydrogens (tertiary/aromatic N) is 2. The van der Waals surface area contributed by atoms with Crippen LogP contribution in [0.15, 0.2) is 42.6 Å². The molecule has 1 aliphatic carbocycles. The van der Waals surface area contributed by atoms with Gasteiger partial charge in [0.25, 0.3) is 0 Å². The van der Waals surface area contributed by atoms with Gasteiger partial charge in [-0.3, -0.25) is 0 Å². The van der Waals surface area contributed by atoms with Gasteiger partial charge in [-0.2, -0.15) is 0 Å². The molecule has 9 heteroatoms. The highest BCUT2D eigenvalue weighted by molar-refractivity contribution is 7.89. The lowest BCUT2D eigenvalue weighted by Crippen LogP contribution is -2.38. The van der Waals surface area contributed by atoms with Crippen molar-refractivity contribution in [3.63, 3.8) is 0 Å². The zero-order valence-electron chi connectivity index (χ0n) is 21.6. The zero-order chi connectivity index (χ0) is 26.0. The minimum Gasteiger partial charge on any atom is -0.489 e. The molecule has 1 aromatic heterocycles. The molecule has 37 heavy (non-hydrogen) atoms. The number of nitrogens with one attached hydrogen (secondary N) is 1. The second kappa shape index (κ2) is 11.1. The number of anilines is 1. The Morgan fingerprint density at radius 2 is 2.00 bits per heavy atom. The number of benzene rings is 2. The van der Waals surface area contributed by atoms with Crippen LogP contribution < -0.4 is 15.2 Å². The van der Waals surface area contributed by atoms with Crippen LogP contribution in [0.25, 0.3) is 21.0 Å². The minimum atomic E-state index is -3.36. The predicted octanol–water partition coefficient (Wildman–Crippen LogP) is 5.24. The fraction of sp³-hybridized carbons (Fsp3) is 0.464. The largest absolute Gasteiger partial charge is 0.489 e. The molecule has 1 atom stereocenters. The van der Waals surface area contributed by atoms with Crippen molar-refractivity contribution in [2.24, 2.45) is 0 Å². The van der Waals surface area contributed by atoms with Gasteiger partial charge >= 0.3 is 0 Å². The van der Waals surface area contributed by atoms with Crippen LogP contribution in [0.2, 0.25) is 0 Å². The molecule has 5 rings (SSSR count). The van der Waals surface area contributed by atoms with Gasteiger partial charge < -0.3 is 15.4 Å². The monoisotopic (exact) mass is 540 g/mol. The number of ether oxygens (including phenoxy) is 1. The summed E-state index contributed by atoms with van der Waals surface area (Å²) in [6.07, 6.45) is 7.15. The van der Waals surface area contributed by atoms with Crippen molar-refractivity contribution in [2.45, 2.75) is 58.1 Å².